The van der Waals surface area contributed by atoms with E-state index in [0.29, 0.717) is 69.5 Å². The molecule has 2 aliphatic rings. The van der Waals surface area contributed by atoms with Crippen LogP contribution in [0.1, 0.15) is 48.4 Å². The van der Waals surface area contributed by atoms with Crippen LogP contribution in [0.4, 0.5) is 22.0 Å². The molecule has 1 atom stereocenters. The summed E-state index contributed by atoms with van der Waals surface area (Å²) in [4.78, 5) is 5.53. The van der Waals surface area contributed by atoms with Crippen molar-refractivity contribution in [1.29, 1.82) is 0 Å². The van der Waals surface area contributed by atoms with Gasteiger partial charge in [0.05, 0.1) is 11.0 Å². The molecular formula is C24H28F5N3O2S. The number of benzene rings is 1. The standard InChI is InChI=1S/C24H28F5N3O2S/c1-35(33)32-10-4-17(5-11-32)18-12-20(25)23(21(26)13-18)34-19-6-8-31(9-7-19)15-16-2-3-22(30-14-16)24(27,28)29/h2-3,12-14,17,19H,4-11,15H2,1H3. The molecule has 0 saturated carbocycles. The Morgan fingerprint density at radius 3 is 2.17 bits per heavy atom. The molecular weight excluding hydrogens is 489 g/mol. The lowest BCUT2D eigenvalue weighted by molar-refractivity contribution is -0.141. The van der Waals surface area contributed by atoms with Gasteiger partial charge in [0.15, 0.2) is 17.4 Å². The third-order valence-electron chi connectivity index (χ3n) is 6.65. The van der Waals surface area contributed by atoms with Gasteiger partial charge in [0.25, 0.3) is 0 Å². The largest absolute Gasteiger partial charge is 0.484 e. The molecule has 0 amide bonds. The van der Waals surface area contributed by atoms with Crippen LogP contribution in [0.15, 0.2) is 30.5 Å². The summed E-state index contributed by atoms with van der Waals surface area (Å²) in [6, 6.07) is 5.06. The summed E-state index contributed by atoms with van der Waals surface area (Å²) in [7, 11) is -1.04. The number of hydrogen-bond donors (Lipinski definition) is 0. The zero-order valence-electron chi connectivity index (χ0n) is 19.4. The number of nitrogens with zero attached hydrogens (tertiary/aromatic N) is 3. The van der Waals surface area contributed by atoms with Gasteiger partial charge in [-0.2, -0.15) is 13.2 Å². The van der Waals surface area contributed by atoms with E-state index >= 15 is 0 Å². The maximum Gasteiger partial charge on any atom is 0.433 e. The molecule has 4 rings (SSSR count). The fraction of sp³-hybridized carbons (Fsp3) is 0.542. The molecule has 2 aliphatic heterocycles. The Kier molecular flexibility index (Phi) is 8.07. The first-order valence-electron chi connectivity index (χ1n) is 11.6. The van der Waals surface area contributed by atoms with Crippen molar-refractivity contribution in [3.8, 4) is 5.75 Å². The van der Waals surface area contributed by atoms with Gasteiger partial charge in [-0.3, -0.25) is 9.88 Å². The number of aromatic nitrogens is 1. The van der Waals surface area contributed by atoms with E-state index < -0.39 is 34.5 Å². The highest BCUT2D eigenvalue weighted by atomic mass is 32.2. The van der Waals surface area contributed by atoms with Gasteiger partial charge in [-0.1, -0.05) is 6.07 Å². The number of piperidine rings is 2. The fourth-order valence-electron chi connectivity index (χ4n) is 4.67. The van der Waals surface area contributed by atoms with E-state index in [2.05, 4.69) is 9.88 Å². The Morgan fingerprint density at radius 2 is 1.66 bits per heavy atom. The first-order chi connectivity index (χ1) is 16.6. The summed E-state index contributed by atoms with van der Waals surface area (Å²) in [6.07, 6.45) is 0.491. The molecule has 5 nitrogen and oxygen atoms in total. The molecule has 2 aromatic rings. The van der Waals surface area contributed by atoms with Gasteiger partial charge in [-0.25, -0.2) is 17.3 Å². The average molecular weight is 518 g/mol. The van der Waals surface area contributed by atoms with E-state index in [1.165, 1.54) is 24.4 Å². The number of ether oxygens (including phenoxy) is 1. The van der Waals surface area contributed by atoms with Crippen molar-refractivity contribution in [3.63, 3.8) is 0 Å². The number of hydrogen-bond acceptors (Lipinski definition) is 4. The van der Waals surface area contributed by atoms with Crippen molar-refractivity contribution < 1.29 is 30.9 Å². The number of halogens is 5. The minimum Gasteiger partial charge on any atom is -0.484 e. The Balaban J connectivity index is 1.30. The van der Waals surface area contributed by atoms with Crippen LogP contribution >= 0.6 is 0 Å². The molecule has 0 aliphatic carbocycles. The number of rotatable bonds is 6. The second-order valence-electron chi connectivity index (χ2n) is 9.08. The van der Waals surface area contributed by atoms with Crippen molar-refractivity contribution in [2.24, 2.45) is 0 Å². The van der Waals surface area contributed by atoms with E-state index in [9.17, 15) is 26.2 Å². The van der Waals surface area contributed by atoms with Gasteiger partial charge >= 0.3 is 6.18 Å². The highest BCUT2D eigenvalue weighted by Crippen LogP contribution is 2.34. The maximum absolute atomic E-state index is 14.8. The molecule has 1 unspecified atom stereocenters. The quantitative estimate of drug-likeness (QED) is 0.512. The summed E-state index contributed by atoms with van der Waals surface area (Å²) < 4.78 is 86.7. The molecule has 1 aromatic heterocycles. The highest BCUT2D eigenvalue weighted by molar-refractivity contribution is 7.81. The first-order valence-corrected chi connectivity index (χ1v) is 13.1. The predicted octanol–water partition coefficient (Wildman–Crippen LogP) is 4.89. The van der Waals surface area contributed by atoms with Crippen molar-refractivity contribution >= 4 is 11.0 Å². The fourth-order valence-corrected chi connectivity index (χ4v) is 5.39. The van der Waals surface area contributed by atoms with E-state index in [1.807, 2.05) is 4.31 Å². The van der Waals surface area contributed by atoms with E-state index in [4.69, 9.17) is 4.74 Å². The van der Waals surface area contributed by atoms with Crippen molar-refractivity contribution in [2.45, 2.75) is 50.4 Å². The van der Waals surface area contributed by atoms with Gasteiger partial charge in [-0.15, -0.1) is 0 Å². The second-order valence-corrected chi connectivity index (χ2v) is 10.4. The summed E-state index contributed by atoms with van der Waals surface area (Å²) in [6.45, 7) is 2.86. The Bertz CT molecular complexity index is 1010. The second kappa shape index (κ2) is 10.9. The summed E-state index contributed by atoms with van der Waals surface area (Å²) in [5, 5.41) is 0. The van der Waals surface area contributed by atoms with Crippen molar-refractivity contribution in [1.82, 2.24) is 14.2 Å². The molecule has 0 bridgehead atoms. The summed E-state index contributed by atoms with van der Waals surface area (Å²) in [5.41, 5.74) is 0.334. The zero-order valence-corrected chi connectivity index (χ0v) is 20.2. The molecule has 1 aromatic carbocycles. The summed E-state index contributed by atoms with van der Waals surface area (Å²) in [5.74, 6) is -1.80. The van der Waals surface area contributed by atoms with Crippen LogP contribution in [0.3, 0.4) is 0 Å². The van der Waals surface area contributed by atoms with Crippen molar-refractivity contribution in [2.75, 3.05) is 32.4 Å². The molecule has 192 valence electrons. The van der Waals surface area contributed by atoms with Gasteiger partial charge in [0, 0.05) is 45.2 Å². The third-order valence-corrected chi connectivity index (χ3v) is 7.74. The topological polar surface area (TPSA) is 45.7 Å². The lowest BCUT2D eigenvalue weighted by Gasteiger charge is -2.32. The number of pyridine rings is 1. The van der Waals surface area contributed by atoms with Gasteiger partial charge < -0.3 is 4.74 Å². The van der Waals surface area contributed by atoms with Crippen molar-refractivity contribution in [3.05, 3.63) is 58.9 Å². The highest BCUT2D eigenvalue weighted by Gasteiger charge is 2.32. The Hall–Kier alpha value is -2.11. The van der Waals surface area contributed by atoms with E-state index in [1.54, 1.807) is 6.26 Å². The van der Waals surface area contributed by atoms with Crippen LogP contribution in [0.25, 0.3) is 0 Å². The van der Waals surface area contributed by atoms with Gasteiger partial charge in [0.1, 0.15) is 11.8 Å². The zero-order chi connectivity index (χ0) is 25.2. The molecule has 11 heteroatoms. The number of likely N-dealkylation sites (tertiary alicyclic amines) is 1. The molecule has 35 heavy (non-hydrogen) atoms. The van der Waals surface area contributed by atoms with Gasteiger partial charge in [-0.05, 0) is 60.9 Å². The lowest BCUT2D eigenvalue weighted by Crippen LogP contribution is -2.38. The first kappa shape index (κ1) is 26.0. The predicted molar refractivity (Wildman–Crippen MR) is 122 cm³/mol. The Labute approximate surface area is 203 Å². The SMILES string of the molecule is CS(=O)N1CCC(c2cc(F)c(OC3CCN(Cc4ccc(C(F)(F)F)nc4)CC3)c(F)c2)CC1. The average Bonchev–Trinajstić information content (AvgIpc) is 2.82. The third kappa shape index (κ3) is 6.56. The van der Waals surface area contributed by atoms with Crippen LogP contribution in [0.5, 0.6) is 5.75 Å². The van der Waals surface area contributed by atoms with Crippen LogP contribution in [0, 0.1) is 11.6 Å². The molecule has 0 N–H and O–H groups in total. The maximum atomic E-state index is 14.8. The van der Waals surface area contributed by atoms with Gasteiger partial charge in [0.2, 0.25) is 0 Å². The molecule has 0 spiro atoms. The smallest absolute Gasteiger partial charge is 0.433 e. The molecule has 2 saturated heterocycles. The molecule has 0 radical (unpaired) electrons. The molecule has 3 heterocycles. The minimum atomic E-state index is -4.47. The number of alkyl halides is 3. The van der Waals surface area contributed by atoms with E-state index in [-0.39, 0.29) is 17.8 Å². The minimum absolute atomic E-state index is 0.00998. The van der Waals surface area contributed by atoms with Crippen LogP contribution in [0.2, 0.25) is 0 Å². The molecule has 2 fully saturated rings. The van der Waals surface area contributed by atoms with Crippen LogP contribution in [-0.4, -0.2) is 56.9 Å². The summed E-state index contributed by atoms with van der Waals surface area (Å²) >= 11 is 0. The Morgan fingerprint density at radius 1 is 1.03 bits per heavy atom. The van der Waals surface area contributed by atoms with E-state index in [0.717, 1.165) is 6.07 Å². The normalized spacial score (nSPS) is 20.2. The lowest BCUT2D eigenvalue weighted by atomic mass is 9.90. The monoisotopic (exact) mass is 517 g/mol. The van der Waals surface area contributed by atoms with Crippen LogP contribution in [-0.2, 0) is 23.7 Å². The van der Waals surface area contributed by atoms with Crippen LogP contribution < -0.4 is 4.74 Å².